The van der Waals surface area contributed by atoms with Crippen molar-refractivity contribution in [3.63, 3.8) is 0 Å². The van der Waals surface area contributed by atoms with Crippen LogP contribution >= 0.6 is 23.4 Å². The van der Waals surface area contributed by atoms with E-state index in [0.717, 1.165) is 30.0 Å². The van der Waals surface area contributed by atoms with Crippen LogP contribution in [0.15, 0.2) is 58.0 Å². The van der Waals surface area contributed by atoms with Crippen LogP contribution in [-0.2, 0) is 30.8 Å². The topological polar surface area (TPSA) is 167 Å². The molecule has 11 nitrogen and oxygen atoms in total. The summed E-state index contributed by atoms with van der Waals surface area (Å²) >= 11 is 7.21. The third kappa shape index (κ3) is 10.6. The number of primary sulfonamides is 1. The lowest BCUT2D eigenvalue weighted by molar-refractivity contribution is -0.141. The number of nitrogens with one attached hydrogen (secondary N) is 2. The summed E-state index contributed by atoms with van der Waals surface area (Å²) in [6, 6.07) is 6.97. The molecule has 0 radical (unpaired) electrons. The molecule has 2 aromatic carbocycles. The molecule has 1 heterocycles. The second-order valence-corrected chi connectivity index (χ2v) is 12.5. The van der Waals surface area contributed by atoms with Gasteiger partial charge in [0.05, 0.1) is 40.9 Å². The molecule has 0 fully saturated rings. The van der Waals surface area contributed by atoms with E-state index in [1.165, 1.54) is 19.3 Å². The van der Waals surface area contributed by atoms with Gasteiger partial charge in [-0.15, -0.1) is 11.8 Å². The number of furan rings is 1. The normalized spacial score (nSPS) is 12.8. The average molecular weight is 674 g/mol. The highest BCUT2D eigenvalue weighted by molar-refractivity contribution is 7.99. The van der Waals surface area contributed by atoms with E-state index in [9.17, 15) is 31.6 Å². The van der Waals surface area contributed by atoms with Crippen LogP contribution in [0.25, 0.3) is 0 Å². The summed E-state index contributed by atoms with van der Waals surface area (Å²) in [5.41, 5.74) is -0.0425. The molecule has 3 rings (SSSR count). The largest absolute Gasteiger partial charge is 0.467 e. The molecule has 44 heavy (non-hydrogen) atoms. The van der Waals surface area contributed by atoms with Crippen LogP contribution in [0, 0.1) is 11.6 Å². The molecule has 0 spiro atoms. The van der Waals surface area contributed by atoms with E-state index in [1.54, 1.807) is 19.1 Å². The van der Waals surface area contributed by atoms with Gasteiger partial charge in [-0.3, -0.25) is 9.59 Å². The number of ketones is 1. The van der Waals surface area contributed by atoms with Gasteiger partial charge in [0.1, 0.15) is 35.5 Å². The Labute approximate surface area is 261 Å². The second kappa shape index (κ2) is 16.0. The Bertz CT molecular complexity index is 1570. The van der Waals surface area contributed by atoms with Crippen molar-refractivity contribution in [1.82, 2.24) is 5.32 Å². The Kier molecular flexibility index (Phi) is 12.7. The van der Waals surface area contributed by atoms with Gasteiger partial charge in [-0.2, -0.15) is 0 Å². The van der Waals surface area contributed by atoms with Crippen LogP contribution in [0.4, 0.5) is 14.5 Å². The minimum Gasteiger partial charge on any atom is -0.467 e. The molecule has 0 amide bonds. The molecule has 238 valence electrons. The van der Waals surface area contributed by atoms with Crippen molar-refractivity contribution >= 4 is 56.8 Å². The molecular formula is C28H30ClF2N3O8S2. The van der Waals surface area contributed by atoms with Crippen molar-refractivity contribution in [2.24, 2.45) is 5.14 Å². The van der Waals surface area contributed by atoms with Crippen LogP contribution in [-0.4, -0.2) is 62.9 Å². The number of esters is 2. The Balaban J connectivity index is 1.44. The quantitative estimate of drug-likeness (QED) is 0.114. The van der Waals surface area contributed by atoms with Gasteiger partial charge in [0.15, 0.2) is 5.78 Å². The minimum absolute atomic E-state index is 0.0617. The number of benzene rings is 2. The number of nitrogens with two attached hydrogens (primary N) is 1. The van der Waals surface area contributed by atoms with Gasteiger partial charge in [0.2, 0.25) is 10.0 Å². The van der Waals surface area contributed by atoms with Crippen molar-refractivity contribution < 1.29 is 45.5 Å². The average Bonchev–Trinajstić information content (AvgIpc) is 3.47. The molecular weight excluding hydrogens is 644 g/mol. The molecule has 0 saturated carbocycles. The highest BCUT2D eigenvalue weighted by Gasteiger charge is 2.22. The van der Waals surface area contributed by atoms with Gasteiger partial charge in [0, 0.05) is 23.4 Å². The SMILES string of the molecule is CC(COC(=O)CSCCOC(=O)c1cc(S(N)(=O)=O)c(Cl)cc1NCc1ccco1)N[C@@H](C)C(=O)c1cc(F)cc(F)c1. The molecule has 0 aliphatic heterocycles. The van der Waals surface area contributed by atoms with Crippen LogP contribution in [0.3, 0.4) is 0 Å². The second-order valence-electron chi connectivity index (χ2n) is 9.49. The first-order chi connectivity index (χ1) is 20.7. The van der Waals surface area contributed by atoms with Crippen LogP contribution in [0.1, 0.15) is 40.3 Å². The fraction of sp³-hybridized carbons (Fsp3) is 0.321. The predicted molar refractivity (Wildman–Crippen MR) is 160 cm³/mol. The summed E-state index contributed by atoms with van der Waals surface area (Å²) in [7, 11) is -4.23. The number of halogens is 3. The van der Waals surface area contributed by atoms with Gasteiger partial charge in [-0.25, -0.2) is 27.1 Å². The van der Waals surface area contributed by atoms with Gasteiger partial charge >= 0.3 is 11.9 Å². The molecule has 0 saturated heterocycles. The van der Waals surface area contributed by atoms with E-state index < -0.39 is 56.4 Å². The van der Waals surface area contributed by atoms with Crippen molar-refractivity contribution in [2.75, 3.05) is 30.0 Å². The summed E-state index contributed by atoms with van der Waals surface area (Å²) in [4.78, 5) is 37.0. The van der Waals surface area contributed by atoms with E-state index in [-0.39, 0.29) is 53.1 Å². The van der Waals surface area contributed by atoms with E-state index in [2.05, 4.69) is 10.6 Å². The molecule has 16 heteroatoms. The lowest BCUT2D eigenvalue weighted by Gasteiger charge is -2.19. The first-order valence-corrected chi connectivity index (χ1v) is 16.1. The number of Topliss-reactive ketones (excluding diaryl/α,β-unsaturated/α-hetero) is 1. The summed E-state index contributed by atoms with van der Waals surface area (Å²) in [5, 5.41) is 10.9. The maximum atomic E-state index is 13.4. The number of hydrogen-bond acceptors (Lipinski definition) is 11. The number of ether oxygens (including phenoxy) is 2. The van der Waals surface area contributed by atoms with Gasteiger partial charge in [-0.05, 0) is 50.2 Å². The molecule has 4 N–H and O–H groups in total. The van der Waals surface area contributed by atoms with Crippen molar-refractivity contribution in [1.29, 1.82) is 0 Å². The maximum Gasteiger partial charge on any atom is 0.340 e. The molecule has 0 aliphatic rings. The Morgan fingerprint density at radius 1 is 1.09 bits per heavy atom. The van der Waals surface area contributed by atoms with E-state index in [4.69, 9.17) is 30.6 Å². The monoisotopic (exact) mass is 673 g/mol. The van der Waals surface area contributed by atoms with Crippen LogP contribution in [0.2, 0.25) is 5.02 Å². The molecule has 0 aliphatic carbocycles. The minimum atomic E-state index is -4.23. The lowest BCUT2D eigenvalue weighted by atomic mass is 10.0. The summed E-state index contributed by atoms with van der Waals surface area (Å²) in [6.07, 6.45) is 1.47. The zero-order valence-electron chi connectivity index (χ0n) is 23.6. The number of thioether (sulfide) groups is 1. The number of sulfonamides is 1. The lowest BCUT2D eigenvalue weighted by Crippen LogP contribution is -2.42. The summed E-state index contributed by atoms with van der Waals surface area (Å²) in [5.74, 6) is -2.94. The number of anilines is 1. The molecule has 1 unspecified atom stereocenters. The first-order valence-electron chi connectivity index (χ1n) is 13.0. The highest BCUT2D eigenvalue weighted by atomic mass is 35.5. The fourth-order valence-electron chi connectivity index (χ4n) is 3.86. The molecule has 2 atom stereocenters. The van der Waals surface area contributed by atoms with Crippen molar-refractivity contribution in [3.8, 4) is 0 Å². The smallest absolute Gasteiger partial charge is 0.340 e. The first kappa shape index (κ1) is 35.0. The van der Waals surface area contributed by atoms with Crippen molar-refractivity contribution in [2.45, 2.75) is 37.4 Å². The molecule has 0 bridgehead atoms. The third-order valence-corrected chi connectivity index (χ3v) is 8.15. The number of carbonyl (C=O) groups excluding carboxylic acids is 3. The van der Waals surface area contributed by atoms with E-state index >= 15 is 0 Å². The molecule has 3 aromatic rings. The van der Waals surface area contributed by atoms with Crippen molar-refractivity contribution in [3.05, 3.63) is 82.3 Å². The van der Waals surface area contributed by atoms with Crippen LogP contribution in [0.5, 0.6) is 0 Å². The van der Waals surface area contributed by atoms with E-state index in [0.29, 0.717) is 11.8 Å². The Morgan fingerprint density at radius 2 is 1.80 bits per heavy atom. The maximum absolute atomic E-state index is 13.4. The summed E-state index contributed by atoms with van der Waals surface area (Å²) < 4.78 is 66.4. The summed E-state index contributed by atoms with van der Waals surface area (Å²) in [6.45, 7) is 3.19. The Hall–Kier alpha value is -3.50. The zero-order chi connectivity index (χ0) is 32.4. The molecule has 1 aromatic heterocycles. The number of carbonyl (C=O) groups is 3. The standard InChI is InChI=1S/C28H30ClF2N3O8S2/c1-16(34-17(2)27(36)18-8-19(30)10-20(31)9-18)14-42-26(35)15-43-7-6-41-28(37)22-11-25(44(32,38)39)23(29)12-24(22)33-13-21-4-3-5-40-21/h3-5,8-12,16-17,33-34H,6-7,13-15H2,1-2H3,(H2,32,38,39)/t16?,17-/m0/s1. The zero-order valence-corrected chi connectivity index (χ0v) is 26.0. The highest BCUT2D eigenvalue weighted by Crippen LogP contribution is 2.29. The van der Waals surface area contributed by atoms with E-state index in [1.807, 2.05) is 0 Å². The fourth-order valence-corrected chi connectivity index (χ4v) is 5.56. The predicted octanol–water partition coefficient (Wildman–Crippen LogP) is 4.15. The van der Waals surface area contributed by atoms with Gasteiger partial charge in [-0.1, -0.05) is 11.6 Å². The number of rotatable bonds is 16. The van der Waals surface area contributed by atoms with Gasteiger partial charge < -0.3 is 24.5 Å². The van der Waals surface area contributed by atoms with Crippen LogP contribution < -0.4 is 15.8 Å². The Morgan fingerprint density at radius 3 is 2.43 bits per heavy atom. The number of hydrogen-bond donors (Lipinski definition) is 3. The van der Waals surface area contributed by atoms with Gasteiger partial charge in [0.25, 0.3) is 0 Å². The third-order valence-electron chi connectivity index (χ3n) is 5.88.